The zero-order valence-electron chi connectivity index (χ0n) is 15.0. The molecular weight excluding hydrogens is 308 g/mol. The summed E-state index contributed by atoms with van der Waals surface area (Å²) in [4.78, 5) is 23.9. The van der Waals surface area contributed by atoms with Crippen molar-refractivity contribution in [2.24, 2.45) is 11.8 Å². The second kappa shape index (κ2) is 7.34. The number of rotatable bonds is 7. The van der Waals surface area contributed by atoms with Crippen LogP contribution < -0.4 is 4.74 Å². The van der Waals surface area contributed by atoms with Crippen LogP contribution >= 0.6 is 0 Å². The fraction of sp³-hybridized carbons (Fsp3) is 0.579. The van der Waals surface area contributed by atoms with Crippen LogP contribution in [-0.4, -0.2) is 25.2 Å². The fourth-order valence-electron chi connectivity index (χ4n) is 2.22. The first-order valence-electron chi connectivity index (χ1n) is 8.42. The standard InChI is InChI=1S/C19H26O5/c1-6-14(5)18(21)22-10-19(11-23-19)15-8-7-13(4)9-16(15)24-17(20)12(2)3/h7-9,12,14H,6,10-11H2,1-5H3/t14-,19+/m1/s1. The molecule has 1 saturated heterocycles. The fourth-order valence-corrected chi connectivity index (χ4v) is 2.22. The van der Waals surface area contributed by atoms with Gasteiger partial charge in [-0.2, -0.15) is 0 Å². The Bertz CT molecular complexity index is 616. The van der Waals surface area contributed by atoms with Crippen LogP contribution in [0, 0.1) is 18.8 Å². The van der Waals surface area contributed by atoms with E-state index in [1.54, 1.807) is 13.8 Å². The van der Waals surface area contributed by atoms with Crippen LogP contribution in [0.4, 0.5) is 0 Å². The zero-order valence-corrected chi connectivity index (χ0v) is 15.0. The number of benzene rings is 1. The van der Waals surface area contributed by atoms with E-state index in [4.69, 9.17) is 14.2 Å². The van der Waals surface area contributed by atoms with Gasteiger partial charge in [0.25, 0.3) is 0 Å². The topological polar surface area (TPSA) is 65.1 Å². The van der Waals surface area contributed by atoms with Crippen LogP contribution in [0.1, 0.15) is 45.2 Å². The van der Waals surface area contributed by atoms with E-state index in [0.717, 1.165) is 17.5 Å². The Kier molecular flexibility index (Phi) is 5.65. The van der Waals surface area contributed by atoms with Gasteiger partial charge in [0.15, 0.2) is 5.60 Å². The van der Waals surface area contributed by atoms with Gasteiger partial charge in [0, 0.05) is 5.56 Å². The largest absolute Gasteiger partial charge is 0.462 e. The molecule has 5 heteroatoms. The minimum absolute atomic E-state index is 0.130. The van der Waals surface area contributed by atoms with E-state index >= 15 is 0 Å². The molecular formula is C19H26O5. The summed E-state index contributed by atoms with van der Waals surface area (Å²) in [5, 5.41) is 0. The summed E-state index contributed by atoms with van der Waals surface area (Å²) in [6.45, 7) is 9.86. The highest BCUT2D eigenvalue weighted by molar-refractivity contribution is 5.75. The molecule has 0 radical (unpaired) electrons. The van der Waals surface area contributed by atoms with E-state index in [0.29, 0.717) is 12.4 Å². The van der Waals surface area contributed by atoms with Gasteiger partial charge in [-0.3, -0.25) is 9.59 Å². The van der Waals surface area contributed by atoms with Gasteiger partial charge in [0.2, 0.25) is 0 Å². The Labute approximate surface area is 143 Å². The molecule has 1 fully saturated rings. The maximum Gasteiger partial charge on any atom is 0.313 e. The number of hydrogen-bond donors (Lipinski definition) is 0. The predicted octanol–water partition coefficient (Wildman–Crippen LogP) is 3.37. The van der Waals surface area contributed by atoms with Crippen LogP contribution in [0.5, 0.6) is 5.75 Å². The molecule has 0 saturated carbocycles. The van der Waals surface area contributed by atoms with Crippen LogP contribution in [0.25, 0.3) is 0 Å². The molecule has 0 aromatic heterocycles. The molecule has 132 valence electrons. The van der Waals surface area contributed by atoms with Gasteiger partial charge >= 0.3 is 11.9 Å². The third kappa shape index (κ3) is 4.15. The molecule has 1 aromatic rings. The summed E-state index contributed by atoms with van der Waals surface area (Å²) in [7, 11) is 0. The minimum atomic E-state index is -0.705. The van der Waals surface area contributed by atoms with E-state index < -0.39 is 5.60 Å². The quantitative estimate of drug-likeness (QED) is 0.434. The lowest BCUT2D eigenvalue weighted by Crippen LogP contribution is -2.25. The first kappa shape index (κ1) is 18.5. The van der Waals surface area contributed by atoms with Crippen molar-refractivity contribution in [3.8, 4) is 5.75 Å². The summed E-state index contributed by atoms with van der Waals surface area (Å²) >= 11 is 0. The number of esters is 2. The molecule has 0 aliphatic carbocycles. The highest BCUT2D eigenvalue weighted by Gasteiger charge is 2.50. The SMILES string of the molecule is CC[C@@H](C)C(=O)OC[C@@]1(c2ccc(C)cc2OC(=O)C(C)C)CO1. The Morgan fingerprint density at radius 2 is 1.92 bits per heavy atom. The molecule has 0 N–H and O–H groups in total. The van der Waals surface area contributed by atoms with Crippen LogP contribution in [0.15, 0.2) is 18.2 Å². The van der Waals surface area contributed by atoms with Gasteiger partial charge in [-0.25, -0.2) is 0 Å². The van der Waals surface area contributed by atoms with Crippen molar-refractivity contribution in [1.29, 1.82) is 0 Å². The van der Waals surface area contributed by atoms with Crippen LogP contribution in [0.3, 0.4) is 0 Å². The van der Waals surface area contributed by atoms with Crippen molar-refractivity contribution in [1.82, 2.24) is 0 Å². The molecule has 1 heterocycles. The highest BCUT2D eigenvalue weighted by atomic mass is 16.6. The molecule has 5 nitrogen and oxygen atoms in total. The number of carbonyl (C=O) groups is 2. The average molecular weight is 334 g/mol. The number of hydrogen-bond acceptors (Lipinski definition) is 5. The molecule has 1 aliphatic heterocycles. The Morgan fingerprint density at radius 1 is 1.25 bits per heavy atom. The smallest absolute Gasteiger partial charge is 0.313 e. The van der Waals surface area contributed by atoms with E-state index in [2.05, 4.69) is 0 Å². The summed E-state index contributed by atoms with van der Waals surface area (Å²) in [6, 6.07) is 5.62. The summed E-state index contributed by atoms with van der Waals surface area (Å²) < 4.78 is 16.5. The molecule has 0 bridgehead atoms. The van der Waals surface area contributed by atoms with E-state index in [1.165, 1.54) is 0 Å². The van der Waals surface area contributed by atoms with Crippen LogP contribution in [0.2, 0.25) is 0 Å². The minimum Gasteiger partial charge on any atom is -0.462 e. The maximum atomic E-state index is 12.0. The van der Waals surface area contributed by atoms with Crippen molar-refractivity contribution < 1.29 is 23.8 Å². The van der Waals surface area contributed by atoms with E-state index in [9.17, 15) is 9.59 Å². The number of carbonyl (C=O) groups excluding carboxylic acids is 2. The molecule has 2 rings (SSSR count). The second-order valence-corrected chi connectivity index (χ2v) is 6.78. The van der Waals surface area contributed by atoms with Crippen molar-refractivity contribution in [3.05, 3.63) is 29.3 Å². The van der Waals surface area contributed by atoms with Crippen molar-refractivity contribution in [2.45, 2.75) is 46.6 Å². The number of ether oxygens (including phenoxy) is 3. The Hall–Kier alpha value is -1.88. The summed E-state index contributed by atoms with van der Waals surface area (Å²) in [5.74, 6) is -0.421. The second-order valence-electron chi connectivity index (χ2n) is 6.78. The van der Waals surface area contributed by atoms with Gasteiger partial charge in [-0.15, -0.1) is 0 Å². The molecule has 0 spiro atoms. The lowest BCUT2D eigenvalue weighted by atomic mass is 9.98. The number of epoxide rings is 1. The third-order valence-corrected chi connectivity index (χ3v) is 4.27. The molecule has 1 aliphatic rings. The monoisotopic (exact) mass is 334 g/mol. The van der Waals surface area contributed by atoms with Gasteiger partial charge in [-0.05, 0) is 25.0 Å². The first-order valence-corrected chi connectivity index (χ1v) is 8.42. The average Bonchev–Trinajstić information content (AvgIpc) is 3.32. The third-order valence-electron chi connectivity index (χ3n) is 4.27. The molecule has 0 amide bonds. The van der Waals surface area contributed by atoms with Gasteiger partial charge in [-0.1, -0.05) is 39.8 Å². The Balaban J connectivity index is 2.18. The first-order chi connectivity index (χ1) is 11.3. The lowest BCUT2D eigenvalue weighted by molar-refractivity contribution is -0.150. The normalized spacial score (nSPS) is 20.6. The van der Waals surface area contributed by atoms with Gasteiger partial charge < -0.3 is 14.2 Å². The number of aryl methyl sites for hydroxylation is 1. The van der Waals surface area contributed by atoms with E-state index in [-0.39, 0.29) is 30.4 Å². The molecule has 1 aromatic carbocycles. The summed E-state index contributed by atoms with van der Waals surface area (Å²) in [6.07, 6.45) is 0.731. The maximum absolute atomic E-state index is 12.0. The molecule has 0 unspecified atom stereocenters. The van der Waals surface area contributed by atoms with Crippen molar-refractivity contribution >= 4 is 11.9 Å². The molecule has 24 heavy (non-hydrogen) atoms. The highest BCUT2D eigenvalue weighted by Crippen LogP contribution is 2.44. The van der Waals surface area contributed by atoms with Crippen LogP contribution in [-0.2, 0) is 24.7 Å². The van der Waals surface area contributed by atoms with Crippen molar-refractivity contribution in [2.75, 3.05) is 13.2 Å². The summed E-state index contributed by atoms with van der Waals surface area (Å²) in [5.41, 5.74) is 1.03. The predicted molar refractivity (Wildman–Crippen MR) is 89.7 cm³/mol. The van der Waals surface area contributed by atoms with Gasteiger partial charge in [0.1, 0.15) is 12.4 Å². The Morgan fingerprint density at radius 3 is 2.46 bits per heavy atom. The van der Waals surface area contributed by atoms with E-state index in [1.807, 2.05) is 39.0 Å². The van der Waals surface area contributed by atoms with Crippen molar-refractivity contribution in [3.63, 3.8) is 0 Å². The zero-order chi connectivity index (χ0) is 17.9. The van der Waals surface area contributed by atoms with Gasteiger partial charge in [0.05, 0.1) is 18.4 Å². The molecule has 2 atom stereocenters. The lowest BCUT2D eigenvalue weighted by Gasteiger charge is -2.19.